The van der Waals surface area contributed by atoms with Crippen LogP contribution in [-0.2, 0) is 9.53 Å². The van der Waals surface area contributed by atoms with Gasteiger partial charge in [-0.25, -0.2) is 0 Å². The molecule has 1 aliphatic heterocycles. The molecule has 0 unspecified atom stereocenters. The SMILES string of the molecule is CC(C)N1CCCC[C@@H]1COCCC(=O)O. The highest BCUT2D eigenvalue weighted by Crippen LogP contribution is 2.19. The quantitative estimate of drug-likeness (QED) is 0.705. The van der Waals surface area contributed by atoms with Crippen LogP contribution in [0.5, 0.6) is 0 Å². The van der Waals surface area contributed by atoms with Gasteiger partial charge in [-0.1, -0.05) is 6.42 Å². The molecular formula is C12H23NO3. The minimum atomic E-state index is -0.788. The van der Waals surface area contributed by atoms with Gasteiger partial charge >= 0.3 is 5.97 Å². The number of nitrogens with zero attached hydrogens (tertiary/aromatic N) is 1. The summed E-state index contributed by atoms with van der Waals surface area (Å²) in [5, 5.41) is 8.50. The first kappa shape index (κ1) is 13.5. The van der Waals surface area contributed by atoms with Crippen LogP contribution in [0.4, 0.5) is 0 Å². The largest absolute Gasteiger partial charge is 0.481 e. The first-order chi connectivity index (χ1) is 7.61. The van der Waals surface area contributed by atoms with Crippen molar-refractivity contribution in [2.24, 2.45) is 0 Å². The summed E-state index contributed by atoms with van der Waals surface area (Å²) >= 11 is 0. The van der Waals surface area contributed by atoms with Crippen LogP contribution in [0.1, 0.15) is 39.5 Å². The van der Waals surface area contributed by atoms with Crippen molar-refractivity contribution in [3.63, 3.8) is 0 Å². The fourth-order valence-electron chi connectivity index (χ4n) is 2.26. The molecule has 0 aromatic carbocycles. The van der Waals surface area contributed by atoms with Gasteiger partial charge in [0.2, 0.25) is 0 Å². The van der Waals surface area contributed by atoms with Gasteiger partial charge in [-0.2, -0.15) is 0 Å². The Morgan fingerprint density at radius 1 is 1.50 bits per heavy atom. The van der Waals surface area contributed by atoms with E-state index in [1.807, 2.05) is 0 Å². The molecule has 1 saturated heterocycles. The van der Waals surface area contributed by atoms with Crippen LogP contribution in [0, 0.1) is 0 Å². The van der Waals surface area contributed by atoms with Crippen LogP contribution in [0.25, 0.3) is 0 Å². The number of hydrogen-bond acceptors (Lipinski definition) is 3. The topological polar surface area (TPSA) is 49.8 Å². The number of piperidine rings is 1. The normalized spacial score (nSPS) is 22.6. The van der Waals surface area contributed by atoms with Gasteiger partial charge in [0.15, 0.2) is 0 Å². The van der Waals surface area contributed by atoms with Crippen molar-refractivity contribution in [1.82, 2.24) is 4.90 Å². The van der Waals surface area contributed by atoms with Gasteiger partial charge in [-0.15, -0.1) is 0 Å². The first-order valence-electron chi connectivity index (χ1n) is 6.16. The lowest BCUT2D eigenvalue weighted by atomic mass is 10.0. The molecule has 0 spiro atoms. The summed E-state index contributed by atoms with van der Waals surface area (Å²) in [6.45, 7) is 6.55. The summed E-state index contributed by atoms with van der Waals surface area (Å²) < 4.78 is 5.44. The molecule has 0 aromatic rings. The number of carboxylic acids is 1. The zero-order valence-corrected chi connectivity index (χ0v) is 10.3. The standard InChI is InChI=1S/C12H23NO3/c1-10(2)13-7-4-3-5-11(13)9-16-8-6-12(14)15/h10-11H,3-9H2,1-2H3,(H,14,15)/t11-/m1/s1. The van der Waals surface area contributed by atoms with E-state index in [0.29, 0.717) is 25.3 Å². The van der Waals surface area contributed by atoms with Crippen molar-refractivity contribution in [2.45, 2.75) is 51.6 Å². The Labute approximate surface area is 97.6 Å². The van der Waals surface area contributed by atoms with E-state index in [1.54, 1.807) is 0 Å². The third kappa shape index (κ3) is 4.49. The maximum Gasteiger partial charge on any atom is 0.305 e. The number of carbonyl (C=O) groups is 1. The summed E-state index contributed by atoms with van der Waals surface area (Å²) in [6.07, 6.45) is 3.81. The number of hydrogen-bond donors (Lipinski definition) is 1. The summed E-state index contributed by atoms with van der Waals surface area (Å²) in [6, 6.07) is 1.02. The Bertz CT molecular complexity index is 218. The van der Waals surface area contributed by atoms with E-state index in [2.05, 4.69) is 18.7 Å². The third-order valence-electron chi connectivity index (χ3n) is 3.11. The lowest BCUT2D eigenvalue weighted by Crippen LogP contribution is -2.46. The molecule has 94 valence electrons. The number of ether oxygens (including phenoxy) is 1. The number of rotatable bonds is 6. The molecule has 0 bridgehead atoms. The molecule has 0 aliphatic carbocycles. The van der Waals surface area contributed by atoms with Gasteiger partial charge in [0.1, 0.15) is 0 Å². The van der Waals surface area contributed by atoms with Gasteiger partial charge in [-0.3, -0.25) is 9.69 Å². The van der Waals surface area contributed by atoms with E-state index >= 15 is 0 Å². The summed E-state index contributed by atoms with van der Waals surface area (Å²) in [5.74, 6) is -0.788. The highest BCUT2D eigenvalue weighted by atomic mass is 16.5. The number of likely N-dealkylation sites (tertiary alicyclic amines) is 1. The van der Waals surface area contributed by atoms with E-state index in [-0.39, 0.29) is 6.42 Å². The molecule has 4 heteroatoms. The average Bonchev–Trinajstić information content (AvgIpc) is 2.24. The second kappa shape index (κ2) is 6.86. The third-order valence-corrected chi connectivity index (χ3v) is 3.11. The fourth-order valence-corrected chi connectivity index (χ4v) is 2.26. The first-order valence-corrected chi connectivity index (χ1v) is 6.16. The molecule has 0 amide bonds. The van der Waals surface area contributed by atoms with Crippen molar-refractivity contribution >= 4 is 5.97 Å². The molecule has 1 atom stereocenters. The van der Waals surface area contributed by atoms with Crippen LogP contribution in [-0.4, -0.2) is 47.8 Å². The van der Waals surface area contributed by atoms with Crippen molar-refractivity contribution in [2.75, 3.05) is 19.8 Å². The predicted molar refractivity (Wildman–Crippen MR) is 62.6 cm³/mol. The molecule has 4 nitrogen and oxygen atoms in total. The molecule has 1 rings (SSSR count). The molecule has 0 radical (unpaired) electrons. The molecule has 1 fully saturated rings. The van der Waals surface area contributed by atoms with E-state index in [1.165, 1.54) is 19.3 Å². The lowest BCUT2D eigenvalue weighted by Gasteiger charge is -2.38. The molecular weight excluding hydrogens is 206 g/mol. The van der Waals surface area contributed by atoms with Gasteiger partial charge < -0.3 is 9.84 Å². The monoisotopic (exact) mass is 229 g/mol. The number of carboxylic acid groups (broad SMARTS) is 1. The van der Waals surface area contributed by atoms with E-state index in [0.717, 1.165) is 6.54 Å². The van der Waals surface area contributed by atoms with Gasteiger partial charge in [0, 0.05) is 12.1 Å². The summed E-state index contributed by atoms with van der Waals surface area (Å²) in [5.41, 5.74) is 0. The van der Waals surface area contributed by atoms with Crippen molar-refractivity contribution < 1.29 is 14.6 Å². The Hall–Kier alpha value is -0.610. The van der Waals surface area contributed by atoms with Gasteiger partial charge in [0.05, 0.1) is 19.6 Å². The Balaban J connectivity index is 2.24. The highest BCUT2D eigenvalue weighted by molar-refractivity contribution is 5.66. The van der Waals surface area contributed by atoms with E-state index in [4.69, 9.17) is 9.84 Å². The maximum atomic E-state index is 10.3. The predicted octanol–water partition coefficient (Wildman–Crippen LogP) is 1.74. The van der Waals surface area contributed by atoms with Crippen molar-refractivity contribution in [3.05, 3.63) is 0 Å². The molecule has 16 heavy (non-hydrogen) atoms. The smallest absolute Gasteiger partial charge is 0.305 e. The number of aliphatic carboxylic acids is 1. The zero-order valence-electron chi connectivity index (χ0n) is 10.3. The maximum absolute atomic E-state index is 10.3. The lowest BCUT2D eigenvalue weighted by molar-refractivity contribution is -0.138. The highest BCUT2D eigenvalue weighted by Gasteiger charge is 2.24. The van der Waals surface area contributed by atoms with Crippen LogP contribution < -0.4 is 0 Å². The summed E-state index contributed by atoms with van der Waals surface area (Å²) in [4.78, 5) is 12.8. The Morgan fingerprint density at radius 3 is 2.88 bits per heavy atom. The minimum absolute atomic E-state index is 0.106. The molecule has 1 heterocycles. The Morgan fingerprint density at radius 2 is 2.25 bits per heavy atom. The molecule has 1 N–H and O–H groups in total. The van der Waals surface area contributed by atoms with Crippen LogP contribution in [0.15, 0.2) is 0 Å². The van der Waals surface area contributed by atoms with Crippen LogP contribution >= 0.6 is 0 Å². The molecule has 0 saturated carbocycles. The second-order valence-electron chi connectivity index (χ2n) is 4.70. The molecule has 1 aliphatic rings. The van der Waals surface area contributed by atoms with Gasteiger partial charge in [0.25, 0.3) is 0 Å². The summed E-state index contributed by atoms with van der Waals surface area (Å²) in [7, 11) is 0. The van der Waals surface area contributed by atoms with Crippen LogP contribution in [0.2, 0.25) is 0 Å². The van der Waals surface area contributed by atoms with Gasteiger partial charge in [-0.05, 0) is 33.2 Å². The average molecular weight is 229 g/mol. The second-order valence-corrected chi connectivity index (χ2v) is 4.70. The van der Waals surface area contributed by atoms with E-state index in [9.17, 15) is 4.79 Å². The Kier molecular flexibility index (Phi) is 5.77. The fraction of sp³-hybridized carbons (Fsp3) is 0.917. The van der Waals surface area contributed by atoms with E-state index < -0.39 is 5.97 Å². The van der Waals surface area contributed by atoms with Crippen molar-refractivity contribution in [3.8, 4) is 0 Å². The van der Waals surface area contributed by atoms with Crippen molar-refractivity contribution in [1.29, 1.82) is 0 Å². The van der Waals surface area contributed by atoms with Crippen LogP contribution in [0.3, 0.4) is 0 Å². The molecule has 0 aromatic heterocycles. The zero-order chi connectivity index (χ0) is 12.0. The minimum Gasteiger partial charge on any atom is -0.481 e.